The summed E-state index contributed by atoms with van der Waals surface area (Å²) >= 11 is 6.05. The molecule has 166 valence electrons. The molecule has 0 spiro atoms. The highest BCUT2D eigenvalue weighted by atomic mass is 35.5. The summed E-state index contributed by atoms with van der Waals surface area (Å²) < 4.78 is 5.44. The Morgan fingerprint density at radius 3 is 2.22 bits per heavy atom. The second-order valence-corrected chi connectivity index (χ2v) is 8.54. The van der Waals surface area contributed by atoms with Crippen molar-refractivity contribution in [2.24, 2.45) is 0 Å². The smallest absolute Gasteiger partial charge is 0.254 e. The van der Waals surface area contributed by atoms with E-state index in [1.807, 2.05) is 71.6 Å². The fraction of sp³-hybridized carbons (Fsp3) is 0.296. The molecule has 0 atom stereocenters. The second kappa shape index (κ2) is 11.3. The molecule has 5 heteroatoms. The van der Waals surface area contributed by atoms with Crippen molar-refractivity contribution < 1.29 is 9.53 Å². The van der Waals surface area contributed by atoms with Crippen LogP contribution < -0.4 is 0 Å². The fourth-order valence-electron chi connectivity index (χ4n) is 3.99. The minimum absolute atomic E-state index is 0.0570. The number of morpholine rings is 1. The van der Waals surface area contributed by atoms with Crippen LogP contribution in [0.4, 0.5) is 0 Å². The number of hydrogen-bond donors (Lipinski definition) is 0. The molecule has 1 aliphatic heterocycles. The summed E-state index contributed by atoms with van der Waals surface area (Å²) in [7, 11) is 0. The Morgan fingerprint density at radius 1 is 0.875 bits per heavy atom. The third-order valence-corrected chi connectivity index (χ3v) is 6.07. The van der Waals surface area contributed by atoms with Crippen LogP contribution in [0.5, 0.6) is 0 Å². The molecule has 1 fully saturated rings. The van der Waals surface area contributed by atoms with E-state index in [4.69, 9.17) is 16.3 Å². The Morgan fingerprint density at radius 2 is 1.53 bits per heavy atom. The third-order valence-electron chi connectivity index (χ3n) is 5.82. The lowest BCUT2D eigenvalue weighted by Gasteiger charge is -2.28. The summed E-state index contributed by atoms with van der Waals surface area (Å²) in [6.45, 7) is 5.76. The summed E-state index contributed by atoms with van der Waals surface area (Å²) in [5.74, 6) is 0.0570. The zero-order valence-electron chi connectivity index (χ0n) is 18.3. The standard InChI is InChI=1S/C27H29ClN2O2/c28-26-13-7-22(8-14-26)21-30(16-4-15-29-17-19-32-20-18-29)27(31)25-11-9-24(10-12-25)23-5-2-1-3-6-23/h1-3,5-14H,4,15-21H2. The summed E-state index contributed by atoms with van der Waals surface area (Å²) in [5, 5.41) is 0.704. The molecule has 0 saturated carbocycles. The normalized spacial score (nSPS) is 14.3. The Balaban J connectivity index is 1.45. The first-order valence-electron chi connectivity index (χ1n) is 11.2. The highest BCUT2D eigenvalue weighted by Gasteiger charge is 2.18. The minimum atomic E-state index is 0.0570. The monoisotopic (exact) mass is 448 g/mol. The van der Waals surface area contributed by atoms with Gasteiger partial charge in [-0.2, -0.15) is 0 Å². The number of nitrogens with zero attached hydrogens (tertiary/aromatic N) is 2. The first-order valence-corrected chi connectivity index (χ1v) is 11.6. The summed E-state index contributed by atoms with van der Waals surface area (Å²) in [5.41, 5.74) is 4.05. The SMILES string of the molecule is O=C(c1ccc(-c2ccccc2)cc1)N(CCCN1CCOCC1)Cc1ccc(Cl)cc1. The van der Waals surface area contributed by atoms with Gasteiger partial charge in [0.1, 0.15) is 0 Å². The van der Waals surface area contributed by atoms with Gasteiger partial charge in [0, 0.05) is 43.3 Å². The predicted molar refractivity (Wildman–Crippen MR) is 130 cm³/mol. The van der Waals surface area contributed by atoms with Gasteiger partial charge in [0.15, 0.2) is 0 Å². The van der Waals surface area contributed by atoms with Crippen LogP contribution in [0.3, 0.4) is 0 Å². The molecule has 0 bridgehead atoms. The van der Waals surface area contributed by atoms with Crippen molar-refractivity contribution in [3.8, 4) is 11.1 Å². The van der Waals surface area contributed by atoms with Crippen LogP contribution >= 0.6 is 11.6 Å². The Labute approximate surface area is 195 Å². The van der Waals surface area contributed by atoms with E-state index in [-0.39, 0.29) is 5.91 Å². The van der Waals surface area contributed by atoms with E-state index in [2.05, 4.69) is 17.0 Å². The molecule has 0 radical (unpaired) electrons. The molecule has 1 saturated heterocycles. The van der Waals surface area contributed by atoms with Gasteiger partial charge in [-0.1, -0.05) is 66.2 Å². The maximum Gasteiger partial charge on any atom is 0.254 e. The van der Waals surface area contributed by atoms with Crippen molar-refractivity contribution in [2.75, 3.05) is 39.4 Å². The molecule has 1 heterocycles. The van der Waals surface area contributed by atoms with Gasteiger partial charge in [-0.15, -0.1) is 0 Å². The number of rotatable bonds is 8. The number of benzene rings is 3. The van der Waals surface area contributed by atoms with E-state index in [0.717, 1.165) is 56.0 Å². The quantitative estimate of drug-likeness (QED) is 0.464. The molecule has 4 rings (SSSR count). The first kappa shape index (κ1) is 22.5. The Hall–Kier alpha value is -2.66. The van der Waals surface area contributed by atoms with E-state index in [0.29, 0.717) is 23.7 Å². The minimum Gasteiger partial charge on any atom is -0.379 e. The maximum atomic E-state index is 13.4. The zero-order chi connectivity index (χ0) is 22.2. The number of carbonyl (C=O) groups is 1. The molecule has 4 nitrogen and oxygen atoms in total. The lowest BCUT2D eigenvalue weighted by Crippen LogP contribution is -2.39. The van der Waals surface area contributed by atoms with E-state index >= 15 is 0 Å². The largest absolute Gasteiger partial charge is 0.379 e. The number of amides is 1. The highest BCUT2D eigenvalue weighted by molar-refractivity contribution is 6.30. The topological polar surface area (TPSA) is 32.8 Å². The average molecular weight is 449 g/mol. The number of hydrogen-bond acceptors (Lipinski definition) is 3. The maximum absolute atomic E-state index is 13.4. The molecule has 1 amide bonds. The highest BCUT2D eigenvalue weighted by Crippen LogP contribution is 2.21. The van der Waals surface area contributed by atoms with Gasteiger partial charge >= 0.3 is 0 Å². The van der Waals surface area contributed by atoms with E-state index < -0.39 is 0 Å². The van der Waals surface area contributed by atoms with E-state index in [1.54, 1.807) is 0 Å². The van der Waals surface area contributed by atoms with Crippen molar-refractivity contribution in [2.45, 2.75) is 13.0 Å². The Kier molecular flexibility index (Phi) is 7.94. The molecule has 3 aromatic rings. The summed E-state index contributed by atoms with van der Waals surface area (Å²) in [6.07, 6.45) is 0.932. The van der Waals surface area contributed by atoms with Crippen LogP contribution in [0.15, 0.2) is 78.9 Å². The number of ether oxygens (including phenoxy) is 1. The van der Waals surface area contributed by atoms with Crippen LogP contribution in [-0.2, 0) is 11.3 Å². The molecule has 3 aromatic carbocycles. The first-order chi connectivity index (χ1) is 15.7. The number of halogens is 1. The summed E-state index contributed by atoms with van der Waals surface area (Å²) in [6, 6.07) is 25.9. The van der Waals surface area contributed by atoms with Crippen LogP contribution in [-0.4, -0.2) is 55.1 Å². The molecule has 0 N–H and O–H groups in total. The van der Waals surface area contributed by atoms with Crippen molar-refractivity contribution in [1.82, 2.24) is 9.80 Å². The molecule has 0 aliphatic carbocycles. The molecule has 1 aliphatic rings. The van der Waals surface area contributed by atoms with Gasteiger partial charge in [-0.3, -0.25) is 9.69 Å². The lowest BCUT2D eigenvalue weighted by atomic mass is 10.0. The van der Waals surface area contributed by atoms with Crippen molar-refractivity contribution in [3.05, 3.63) is 95.0 Å². The van der Waals surface area contributed by atoms with Crippen molar-refractivity contribution in [1.29, 1.82) is 0 Å². The van der Waals surface area contributed by atoms with Gasteiger partial charge in [0.25, 0.3) is 5.91 Å². The zero-order valence-corrected chi connectivity index (χ0v) is 19.0. The predicted octanol–water partition coefficient (Wildman–Crippen LogP) is 5.37. The van der Waals surface area contributed by atoms with Crippen molar-refractivity contribution >= 4 is 17.5 Å². The van der Waals surface area contributed by atoms with Crippen molar-refractivity contribution in [3.63, 3.8) is 0 Å². The number of carbonyl (C=O) groups excluding carboxylic acids is 1. The van der Waals surface area contributed by atoms with Crippen LogP contribution in [0, 0.1) is 0 Å². The van der Waals surface area contributed by atoms with Gasteiger partial charge in [0.05, 0.1) is 13.2 Å². The third kappa shape index (κ3) is 6.19. The molecular weight excluding hydrogens is 420 g/mol. The van der Waals surface area contributed by atoms with Crippen LogP contribution in [0.1, 0.15) is 22.3 Å². The average Bonchev–Trinajstić information content (AvgIpc) is 2.85. The lowest BCUT2D eigenvalue weighted by molar-refractivity contribution is 0.0355. The van der Waals surface area contributed by atoms with Gasteiger partial charge in [-0.25, -0.2) is 0 Å². The van der Waals surface area contributed by atoms with E-state index in [1.165, 1.54) is 0 Å². The van der Waals surface area contributed by atoms with Gasteiger partial charge < -0.3 is 9.64 Å². The molecular formula is C27H29ClN2O2. The van der Waals surface area contributed by atoms with Gasteiger partial charge in [-0.05, 0) is 47.4 Å². The second-order valence-electron chi connectivity index (χ2n) is 8.10. The van der Waals surface area contributed by atoms with E-state index in [9.17, 15) is 4.79 Å². The van der Waals surface area contributed by atoms with Crippen LogP contribution in [0.25, 0.3) is 11.1 Å². The molecule has 0 unspecified atom stereocenters. The summed E-state index contributed by atoms with van der Waals surface area (Å²) in [4.78, 5) is 17.8. The molecule has 0 aromatic heterocycles. The molecule has 32 heavy (non-hydrogen) atoms. The van der Waals surface area contributed by atoms with Gasteiger partial charge in [0.2, 0.25) is 0 Å². The Bertz CT molecular complexity index is 984. The fourth-order valence-corrected chi connectivity index (χ4v) is 4.12. The van der Waals surface area contributed by atoms with Crippen LogP contribution in [0.2, 0.25) is 5.02 Å².